The topological polar surface area (TPSA) is 128 Å². The van der Waals surface area contributed by atoms with E-state index in [0.717, 1.165) is 0 Å². The Kier molecular flexibility index (Phi) is 9.55. The Morgan fingerprint density at radius 2 is 1.88 bits per heavy atom. The fourth-order valence-corrected chi connectivity index (χ4v) is 0.448. The zero-order chi connectivity index (χ0) is 14.1. The van der Waals surface area contributed by atoms with Crippen molar-refractivity contribution < 1.29 is 25.7 Å². The summed E-state index contributed by atoms with van der Waals surface area (Å²) in [7, 11) is 1.48. The fraction of sp³-hybridized carbons (Fsp3) is 0.714. The van der Waals surface area contributed by atoms with Crippen molar-refractivity contribution in [2.75, 3.05) is 13.3 Å². The van der Waals surface area contributed by atoms with E-state index in [2.05, 4.69) is 15.3 Å². The minimum atomic E-state index is -5.12. The molecule has 102 valence electrons. The van der Waals surface area contributed by atoms with Gasteiger partial charge < -0.3 is 5.32 Å². The molecule has 17 heavy (non-hydrogen) atoms. The average Bonchev–Trinajstić information content (AvgIpc) is 2.14. The van der Waals surface area contributed by atoms with Crippen LogP contribution >= 0.6 is 11.8 Å². The van der Waals surface area contributed by atoms with Crippen molar-refractivity contribution in [3.8, 4) is 0 Å². The van der Waals surface area contributed by atoms with Crippen molar-refractivity contribution in [1.82, 2.24) is 5.32 Å². The number of nitrogens with one attached hydrogen (secondary N) is 1. The van der Waals surface area contributed by atoms with Crippen LogP contribution in [0.3, 0.4) is 0 Å². The van der Waals surface area contributed by atoms with Crippen LogP contribution in [0.2, 0.25) is 0 Å². The molecular weight excluding hydrogens is 315 g/mol. The summed E-state index contributed by atoms with van der Waals surface area (Å²) in [5.41, 5.74) is 0. The quantitative estimate of drug-likeness (QED) is 0.233. The maximum absolute atomic E-state index is 10.5. The number of hydrogen-bond acceptors (Lipinski definition) is 5. The summed E-state index contributed by atoms with van der Waals surface area (Å²) < 4.78 is 30.6. The van der Waals surface area contributed by atoms with E-state index < -0.39 is 20.6 Å². The molecule has 0 bridgehead atoms. The van der Waals surface area contributed by atoms with Crippen LogP contribution in [0.15, 0.2) is 5.16 Å². The molecule has 0 radical (unpaired) electrons. The number of rotatable bonds is 3. The predicted octanol–water partition coefficient (Wildman–Crippen LogP) is -0.701. The average molecular weight is 332 g/mol. The van der Waals surface area contributed by atoms with E-state index in [1.54, 1.807) is 18.0 Å². The molecule has 8 nitrogen and oxygen atoms in total. The van der Waals surface area contributed by atoms with Crippen LogP contribution in [-0.4, -0.2) is 57.2 Å². The molecule has 1 amide bonds. The van der Waals surface area contributed by atoms with Gasteiger partial charge in [-0.25, -0.2) is 4.79 Å². The maximum atomic E-state index is 10.5. The van der Waals surface area contributed by atoms with Gasteiger partial charge in [0.2, 0.25) is 0 Å². The Bertz CT molecular complexity index is 294. The van der Waals surface area contributed by atoms with E-state index in [1.807, 2.05) is 20.1 Å². The van der Waals surface area contributed by atoms with Crippen molar-refractivity contribution in [3.63, 3.8) is 0 Å². The van der Waals surface area contributed by atoms with Crippen molar-refractivity contribution in [3.05, 3.63) is 0 Å². The van der Waals surface area contributed by atoms with Gasteiger partial charge in [0.05, 0.1) is 6.21 Å². The molecule has 0 aliphatic heterocycles. The molecule has 0 aromatic carbocycles. The first-order valence-electron chi connectivity index (χ1n) is 4.28. The van der Waals surface area contributed by atoms with Gasteiger partial charge in [-0.1, -0.05) is 5.16 Å². The van der Waals surface area contributed by atoms with E-state index in [4.69, 9.17) is 16.0 Å². The second kappa shape index (κ2) is 8.59. The molecule has 0 aromatic heterocycles. The Balaban J connectivity index is 0. The first-order valence-corrected chi connectivity index (χ1v) is 8.79. The summed E-state index contributed by atoms with van der Waals surface area (Å²) in [5, 5.41) is 5.81. The number of oxime groups is 1. The van der Waals surface area contributed by atoms with E-state index in [0.29, 0.717) is 0 Å². The second-order valence-corrected chi connectivity index (χ2v) is 6.80. The first kappa shape index (κ1) is 18.9. The molecule has 4 N–H and O–H groups in total. The molecule has 0 fully saturated rings. The number of nitrogens with zero attached hydrogens (tertiary/aromatic N) is 1. The van der Waals surface area contributed by atoms with Crippen LogP contribution in [0, 0.1) is 0 Å². The van der Waals surface area contributed by atoms with Gasteiger partial charge in [0.1, 0.15) is 0 Å². The van der Waals surface area contributed by atoms with Crippen LogP contribution in [-0.2, 0) is 8.58 Å². The predicted molar refractivity (Wildman–Crippen MR) is 64.7 cm³/mol. The zero-order valence-corrected chi connectivity index (χ0v) is 12.6. The van der Waals surface area contributed by atoms with Gasteiger partial charge in [-0.2, -0.15) is 11.8 Å². The standard InChI is InChI=1S/C7H14N2O2S.AsH3O4/c1-7(2,12-4)5-9-11-6(10)8-3;2-1(3,4)5/h5H,1-4H3,(H,8,10);(H3,2,3,4,5)/b9-5+;. The molecule has 0 rings (SSSR count). The van der Waals surface area contributed by atoms with Crippen LogP contribution in [0.25, 0.3) is 0 Å². The monoisotopic (exact) mass is 332 g/mol. The molecule has 0 saturated carbocycles. The van der Waals surface area contributed by atoms with Gasteiger partial charge in [-0.3, -0.25) is 4.84 Å². The van der Waals surface area contributed by atoms with E-state index in [9.17, 15) is 4.79 Å². The molecule has 0 spiro atoms. The molecule has 0 saturated heterocycles. The van der Waals surface area contributed by atoms with Crippen molar-refractivity contribution in [2.24, 2.45) is 5.16 Å². The van der Waals surface area contributed by atoms with Gasteiger partial charge in [-0.05, 0) is 20.1 Å². The molecule has 0 aliphatic carbocycles. The molecule has 0 atom stereocenters. The van der Waals surface area contributed by atoms with E-state index in [1.165, 1.54) is 7.05 Å². The third kappa shape index (κ3) is 21.4. The molecule has 10 heteroatoms. The third-order valence-corrected chi connectivity index (χ3v) is 2.39. The summed E-state index contributed by atoms with van der Waals surface area (Å²) in [5.74, 6) is 0. The van der Waals surface area contributed by atoms with Crippen LogP contribution in [0.5, 0.6) is 0 Å². The Hall–Kier alpha value is -0.472. The van der Waals surface area contributed by atoms with Gasteiger partial charge in [0.25, 0.3) is 0 Å². The summed E-state index contributed by atoms with van der Waals surface area (Å²) >= 11 is -3.50. The zero-order valence-electron chi connectivity index (χ0n) is 9.95. The molecule has 0 aliphatic rings. The molecule has 0 unspecified atom stereocenters. The van der Waals surface area contributed by atoms with Crippen molar-refractivity contribution >= 4 is 38.6 Å². The number of carbonyl (C=O) groups is 1. The van der Waals surface area contributed by atoms with Crippen LogP contribution in [0.1, 0.15) is 13.8 Å². The van der Waals surface area contributed by atoms with E-state index in [-0.39, 0.29) is 4.75 Å². The second-order valence-electron chi connectivity index (χ2n) is 3.18. The Morgan fingerprint density at radius 3 is 2.18 bits per heavy atom. The number of carbonyl (C=O) groups excluding carboxylic acids is 1. The fourth-order valence-electron chi connectivity index (χ4n) is 0.299. The third-order valence-electron chi connectivity index (χ3n) is 1.23. The van der Waals surface area contributed by atoms with Crippen molar-refractivity contribution in [2.45, 2.75) is 18.6 Å². The van der Waals surface area contributed by atoms with Gasteiger partial charge in [0, 0.05) is 11.8 Å². The minimum absolute atomic E-state index is 0.103. The van der Waals surface area contributed by atoms with Gasteiger partial charge in [0.15, 0.2) is 0 Å². The number of thioether (sulfide) groups is 1. The van der Waals surface area contributed by atoms with Crippen LogP contribution < -0.4 is 5.32 Å². The van der Waals surface area contributed by atoms with Crippen LogP contribution in [0.4, 0.5) is 4.79 Å². The van der Waals surface area contributed by atoms with E-state index >= 15 is 0 Å². The SMILES string of the molecule is CNC(=O)O/N=C/C(C)(C)SC.O=[As](O)(O)O. The Labute approximate surface area is 107 Å². The number of amides is 1. The Morgan fingerprint density at radius 1 is 1.47 bits per heavy atom. The summed E-state index contributed by atoms with van der Waals surface area (Å²) in [4.78, 5) is 15.0. The number of hydrogen-bond donors (Lipinski definition) is 4. The molecule has 0 heterocycles. The molecular formula is C7H17AsN2O6S. The molecule has 0 aromatic rings. The van der Waals surface area contributed by atoms with Gasteiger partial charge >= 0.3 is 36.6 Å². The summed E-state index contributed by atoms with van der Waals surface area (Å²) in [6.45, 7) is 3.96. The normalized spacial score (nSPS) is 11.7. The van der Waals surface area contributed by atoms with Gasteiger partial charge in [-0.15, -0.1) is 0 Å². The first-order chi connectivity index (χ1) is 7.52. The summed E-state index contributed by atoms with van der Waals surface area (Å²) in [6, 6.07) is 0. The van der Waals surface area contributed by atoms with Crippen molar-refractivity contribution in [1.29, 1.82) is 0 Å². The summed E-state index contributed by atoms with van der Waals surface area (Å²) in [6.07, 6.45) is 3.00.